The minimum atomic E-state index is 0.0749. The fourth-order valence-electron chi connectivity index (χ4n) is 3.15. The van der Waals surface area contributed by atoms with Crippen molar-refractivity contribution < 1.29 is 9.53 Å². The summed E-state index contributed by atoms with van der Waals surface area (Å²) >= 11 is 0. The van der Waals surface area contributed by atoms with Gasteiger partial charge in [-0.2, -0.15) is 0 Å². The molecule has 1 aliphatic rings. The minimum absolute atomic E-state index is 0.0749. The molecule has 0 aromatic heterocycles. The number of methoxy groups -OCH3 is 1. The van der Waals surface area contributed by atoms with E-state index in [0.717, 1.165) is 18.6 Å². The van der Waals surface area contributed by atoms with E-state index < -0.39 is 0 Å². The van der Waals surface area contributed by atoms with Gasteiger partial charge in [0.25, 0.3) is 0 Å². The van der Waals surface area contributed by atoms with Crippen molar-refractivity contribution in [1.29, 1.82) is 0 Å². The van der Waals surface area contributed by atoms with Crippen molar-refractivity contribution in [1.82, 2.24) is 0 Å². The third-order valence-electron chi connectivity index (χ3n) is 4.32. The summed E-state index contributed by atoms with van der Waals surface area (Å²) < 4.78 is 5.29. The molecule has 0 fully saturated rings. The summed E-state index contributed by atoms with van der Waals surface area (Å²) in [4.78, 5) is 11.4. The first-order chi connectivity index (χ1) is 8.45. The molecule has 1 aromatic rings. The fourth-order valence-corrected chi connectivity index (χ4v) is 3.15. The van der Waals surface area contributed by atoms with E-state index in [9.17, 15) is 4.79 Å². The molecule has 0 saturated heterocycles. The number of fused-ring (bicyclic) bond motifs is 1. The molecule has 0 amide bonds. The lowest BCUT2D eigenvalue weighted by molar-refractivity contribution is -0.118. The highest BCUT2D eigenvalue weighted by atomic mass is 16.5. The fraction of sp³-hybridized carbons (Fsp3) is 0.562. The number of ketones is 1. The van der Waals surface area contributed by atoms with Gasteiger partial charge in [0.15, 0.2) is 0 Å². The summed E-state index contributed by atoms with van der Waals surface area (Å²) in [6.45, 7) is 6.20. The molecule has 0 aliphatic heterocycles. The standard InChI is InChI=1S/C16H22O2/c1-11(17)9-13-6-5-12-10-14(18-4)7-8-15(12)16(13,2)3/h7-8,10,13H,5-6,9H2,1-4H3. The van der Waals surface area contributed by atoms with Crippen LogP contribution < -0.4 is 4.74 Å². The zero-order chi connectivity index (χ0) is 13.3. The second-order valence-corrected chi connectivity index (χ2v) is 5.89. The Labute approximate surface area is 109 Å². The molecule has 0 N–H and O–H groups in total. The van der Waals surface area contributed by atoms with Crippen molar-refractivity contribution in [3.05, 3.63) is 29.3 Å². The molecule has 2 heteroatoms. The van der Waals surface area contributed by atoms with Gasteiger partial charge >= 0.3 is 0 Å². The second kappa shape index (κ2) is 4.75. The zero-order valence-corrected chi connectivity index (χ0v) is 11.7. The van der Waals surface area contributed by atoms with Crippen LogP contribution in [-0.2, 0) is 16.6 Å². The SMILES string of the molecule is COc1ccc2c(c1)CCC(CC(C)=O)C2(C)C. The number of aryl methyl sites for hydroxylation is 1. The minimum Gasteiger partial charge on any atom is -0.497 e. The highest BCUT2D eigenvalue weighted by Gasteiger charge is 2.36. The number of carbonyl (C=O) groups excluding carboxylic acids is 1. The Bertz CT molecular complexity index is 460. The molecule has 0 spiro atoms. The Kier molecular flexibility index (Phi) is 3.47. The highest BCUT2D eigenvalue weighted by molar-refractivity contribution is 5.76. The van der Waals surface area contributed by atoms with Crippen molar-refractivity contribution in [2.75, 3.05) is 7.11 Å². The van der Waals surface area contributed by atoms with Gasteiger partial charge < -0.3 is 9.53 Å². The average molecular weight is 246 g/mol. The van der Waals surface area contributed by atoms with E-state index in [1.54, 1.807) is 14.0 Å². The quantitative estimate of drug-likeness (QED) is 0.815. The van der Waals surface area contributed by atoms with E-state index in [0.29, 0.717) is 18.1 Å². The summed E-state index contributed by atoms with van der Waals surface area (Å²) in [6.07, 6.45) is 2.83. The van der Waals surface area contributed by atoms with Gasteiger partial charge in [-0.05, 0) is 54.4 Å². The Morgan fingerprint density at radius 2 is 2.17 bits per heavy atom. The van der Waals surface area contributed by atoms with Gasteiger partial charge in [0.2, 0.25) is 0 Å². The predicted molar refractivity (Wildman–Crippen MR) is 73.1 cm³/mol. The lowest BCUT2D eigenvalue weighted by Crippen LogP contribution is -2.35. The van der Waals surface area contributed by atoms with E-state index in [4.69, 9.17) is 4.74 Å². The Morgan fingerprint density at radius 1 is 1.44 bits per heavy atom. The van der Waals surface area contributed by atoms with Crippen molar-refractivity contribution in [3.63, 3.8) is 0 Å². The van der Waals surface area contributed by atoms with Gasteiger partial charge in [-0.1, -0.05) is 19.9 Å². The summed E-state index contributed by atoms with van der Waals surface area (Å²) in [5.41, 5.74) is 2.82. The molecule has 0 heterocycles. The number of benzene rings is 1. The number of Topliss-reactive ketones (excluding diaryl/α,β-unsaturated/α-hetero) is 1. The topological polar surface area (TPSA) is 26.3 Å². The van der Waals surface area contributed by atoms with Crippen LogP contribution in [0.2, 0.25) is 0 Å². The Balaban J connectivity index is 2.36. The summed E-state index contributed by atoms with van der Waals surface area (Å²) in [7, 11) is 1.70. The number of ether oxygens (including phenoxy) is 1. The van der Waals surface area contributed by atoms with Crippen LogP contribution in [0.15, 0.2) is 18.2 Å². The number of hydrogen-bond donors (Lipinski definition) is 0. The molecular weight excluding hydrogens is 224 g/mol. The molecule has 1 atom stereocenters. The molecule has 1 aromatic carbocycles. The van der Waals surface area contributed by atoms with Gasteiger partial charge in [-0.25, -0.2) is 0 Å². The van der Waals surface area contributed by atoms with E-state index in [2.05, 4.69) is 26.0 Å². The van der Waals surface area contributed by atoms with Crippen LogP contribution >= 0.6 is 0 Å². The normalized spacial score (nSPS) is 21.2. The van der Waals surface area contributed by atoms with Gasteiger partial charge in [0.05, 0.1) is 7.11 Å². The number of hydrogen-bond acceptors (Lipinski definition) is 2. The maximum Gasteiger partial charge on any atom is 0.130 e. The van der Waals surface area contributed by atoms with Gasteiger partial charge in [0.1, 0.15) is 11.5 Å². The molecule has 0 bridgehead atoms. The van der Waals surface area contributed by atoms with E-state index in [1.165, 1.54) is 11.1 Å². The Hall–Kier alpha value is -1.31. The zero-order valence-electron chi connectivity index (χ0n) is 11.7. The van der Waals surface area contributed by atoms with Crippen molar-refractivity contribution in [2.24, 2.45) is 5.92 Å². The van der Waals surface area contributed by atoms with Crippen LogP contribution in [0.1, 0.15) is 44.7 Å². The van der Waals surface area contributed by atoms with Crippen LogP contribution in [0.5, 0.6) is 5.75 Å². The van der Waals surface area contributed by atoms with Gasteiger partial charge in [-0.15, -0.1) is 0 Å². The molecule has 2 rings (SSSR count). The maximum atomic E-state index is 11.4. The van der Waals surface area contributed by atoms with Gasteiger partial charge in [0, 0.05) is 6.42 Å². The molecule has 2 nitrogen and oxygen atoms in total. The van der Waals surface area contributed by atoms with E-state index in [-0.39, 0.29) is 5.41 Å². The first-order valence-corrected chi connectivity index (χ1v) is 6.62. The predicted octanol–water partition coefficient (Wildman–Crippen LogP) is 3.51. The number of carbonyl (C=O) groups is 1. The van der Waals surface area contributed by atoms with E-state index in [1.807, 2.05) is 6.07 Å². The lowest BCUT2D eigenvalue weighted by Gasteiger charge is -2.40. The smallest absolute Gasteiger partial charge is 0.130 e. The number of rotatable bonds is 3. The maximum absolute atomic E-state index is 11.4. The first-order valence-electron chi connectivity index (χ1n) is 6.62. The first kappa shape index (κ1) is 13.1. The summed E-state index contributed by atoms with van der Waals surface area (Å²) in [5.74, 6) is 1.68. The third kappa shape index (κ3) is 2.29. The van der Waals surface area contributed by atoms with Crippen molar-refractivity contribution in [2.45, 2.75) is 45.4 Å². The molecule has 0 radical (unpaired) electrons. The van der Waals surface area contributed by atoms with Crippen LogP contribution in [0.3, 0.4) is 0 Å². The van der Waals surface area contributed by atoms with Crippen molar-refractivity contribution in [3.8, 4) is 5.75 Å². The molecule has 1 unspecified atom stereocenters. The largest absolute Gasteiger partial charge is 0.497 e. The average Bonchev–Trinajstić information content (AvgIpc) is 2.32. The van der Waals surface area contributed by atoms with E-state index >= 15 is 0 Å². The lowest BCUT2D eigenvalue weighted by atomic mass is 9.64. The molecular formula is C16H22O2. The van der Waals surface area contributed by atoms with Crippen LogP contribution in [0, 0.1) is 5.92 Å². The monoisotopic (exact) mass is 246 g/mol. The second-order valence-electron chi connectivity index (χ2n) is 5.89. The molecule has 0 saturated carbocycles. The molecule has 1 aliphatic carbocycles. The molecule has 98 valence electrons. The Morgan fingerprint density at radius 3 is 2.78 bits per heavy atom. The summed E-state index contributed by atoms with van der Waals surface area (Å²) in [6, 6.07) is 6.33. The highest BCUT2D eigenvalue weighted by Crippen LogP contribution is 2.43. The van der Waals surface area contributed by atoms with Gasteiger partial charge in [-0.3, -0.25) is 0 Å². The molecule has 18 heavy (non-hydrogen) atoms. The summed E-state index contributed by atoms with van der Waals surface area (Å²) in [5, 5.41) is 0. The van der Waals surface area contributed by atoms with Crippen LogP contribution in [0.25, 0.3) is 0 Å². The van der Waals surface area contributed by atoms with Crippen LogP contribution in [0.4, 0.5) is 0 Å². The third-order valence-corrected chi connectivity index (χ3v) is 4.32. The van der Waals surface area contributed by atoms with Crippen molar-refractivity contribution >= 4 is 5.78 Å². The van der Waals surface area contributed by atoms with Crippen LogP contribution in [-0.4, -0.2) is 12.9 Å².